The summed E-state index contributed by atoms with van der Waals surface area (Å²) < 4.78 is 12.8. The molecule has 3 heterocycles. The Morgan fingerprint density at radius 2 is 1.82 bits per heavy atom. The Hall–Kier alpha value is -3.92. The van der Waals surface area contributed by atoms with E-state index < -0.39 is 0 Å². The number of rotatable bonds is 7. The van der Waals surface area contributed by atoms with E-state index in [0.717, 1.165) is 39.5 Å². The number of ether oxygens (including phenoxy) is 2. The molecule has 1 fully saturated rings. The monoisotopic (exact) mass is 444 g/mol. The Balaban J connectivity index is 1.50. The summed E-state index contributed by atoms with van der Waals surface area (Å²) in [6, 6.07) is 17.4. The topological polar surface area (TPSA) is 101 Å². The number of anilines is 2. The molecule has 0 unspecified atom stereocenters. The zero-order valence-electron chi connectivity index (χ0n) is 18.3. The molecule has 0 bridgehead atoms. The number of hydrazine groups is 2. The number of aryl methyl sites for hydroxylation is 1. The molecule has 0 amide bonds. The summed E-state index contributed by atoms with van der Waals surface area (Å²) in [5, 5.41) is 8.02. The highest BCUT2D eigenvalue weighted by atomic mass is 16.5. The van der Waals surface area contributed by atoms with Crippen LogP contribution < -0.4 is 26.4 Å². The molecule has 1 saturated heterocycles. The van der Waals surface area contributed by atoms with Gasteiger partial charge in [-0.1, -0.05) is 18.2 Å². The van der Waals surface area contributed by atoms with Crippen LogP contribution in [0.25, 0.3) is 5.52 Å². The van der Waals surface area contributed by atoms with Gasteiger partial charge in [0, 0.05) is 17.4 Å². The number of fused-ring (bicyclic) bond motifs is 1. The molecule has 4 N–H and O–H groups in total. The number of nitrogens with zero attached hydrogens (tertiary/aromatic N) is 2. The highest BCUT2D eigenvalue weighted by molar-refractivity contribution is 5.96. The van der Waals surface area contributed by atoms with Gasteiger partial charge in [-0.3, -0.25) is 0 Å². The summed E-state index contributed by atoms with van der Waals surface area (Å²) in [6.07, 6.45) is 3.34. The van der Waals surface area contributed by atoms with Gasteiger partial charge in [0.05, 0.1) is 29.6 Å². The number of hydrogen-bond donors (Lipinski definition) is 4. The molecule has 9 nitrogen and oxygen atoms in total. The van der Waals surface area contributed by atoms with E-state index in [9.17, 15) is 4.79 Å². The lowest BCUT2D eigenvalue weighted by Crippen LogP contribution is -2.63. The van der Waals surface area contributed by atoms with Crippen molar-refractivity contribution in [2.75, 3.05) is 11.9 Å². The molecule has 0 aliphatic carbocycles. The number of benzene rings is 2. The van der Waals surface area contributed by atoms with Crippen molar-refractivity contribution in [2.24, 2.45) is 0 Å². The first-order valence-electron chi connectivity index (χ1n) is 10.7. The highest BCUT2D eigenvalue weighted by Gasteiger charge is 2.26. The third kappa shape index (κ3) is 4.12. The lowest BCUT2D eigenvalue weighted by Gasteiger charge is -2.32. The van der Waals surface area contributed by atoms with Crippen LogP contribution in [-0.2, 0) is 4.74 Å². The molecular weight excluding hydrogens is 420 g/mol. The maximum Gasteiger partial charge on any atom is 0.340 e. The average Bonchev–Trinajstić information content (AvgIpc) is 3.13. The van der Waals surface area contributed by atoms with Crippen LogP contribution in [0.1, 0.15) is 34.6 Å². The van der Waals surface area contributed by atoms with Crippen LogP contribution in [0, 0.1) is 6.92 Å². The highest BCUT2D eigenvalue weighted by Crippen LogP contribution is 2.34. The Labute approximate surface area is 190 Å². The van der Waals surface area contributed by atoms with Crippen LogP contribution in [0.5, 0.6) is 11.5 Å². The van der Waals surface area contributed by atoms with Gasteiger partial charge in [0.1, 0.15) is 17.7 Å². The molecule has 33 heavy (non-hydrogen) atoms. The van der Waals surface area contributed by atoms with Gasteiger partial charge in [0.2, 0.25) is 0 Å². The van der Waals surface area contributed by atoms with Crippen molar-refractivity contribution in [3.8, 4) is 11.5 Å². The van der Waals surface area contributed by atoms with Crippen molar-refractivity contribution in [2.45, 2.75) is 20.0 Å². The number of aromatic nitrogens is 2. The maximum absolute atomic E-state index is 12.4. The minimum Gasteiger partial charge on any atom is -0.462 e. The molecular formula is C24H24N6O3. The second-order valence-electron chi connectivity index (χ2n) is 7.57. The fourth-order valence-electron chi connectivity index (χ4n) is 3.74. The fourth-order valence-corrected chi connectivity index (χ4v) is 3.74. The summed E-state index contributed by atoms with van der Waals surface area (Å²) in [4.78, 5) is 12.4. The predicted octanol–water partition coefficient (Wildman–Crippen LogP) is 3.97. The summed E-state index contributed by atoms with van der Waals surface area (Å²) in [7, 11) is 0. The Morgan fingerprint density at radius 1 is 1.09 bits per heavy atom. The lowest BCUT2D eigenvalue weighted by molar-refractivity contribution is 0.0525. The van der Waals surface area contributed by atoms with Gasteiger partial charge >= 0.3 is 5.97 Å². The average molecular weight is 444 g/mol. The largest absolute Gasteiger partial charge is 0.462 e. The third-order valence-electron chi connectivity index (χ3n) is 5.43. The Bertz CT molecular complexity index is 1280. The summed E-state index contributed by atoms with van der Waals surface area (Å²) >= 11 is 0. The van der Waals surface area contributed by atoms with Crippen molar-refractivity contribution in [1.82, 2.24) is 26.0 Å². The molecule has 2 aromatic carbocycles. The van der Waals surface area contributed by atoms with Gasteiger partial charge in [-0.25, -0.2) is 20.2 Å². The second kappa shape index (κ2) is 8.91. The van der Waals surface area contributed by atoms with Crippen molar-refractivity contribution in [3.63, 3.8) is 0 Å². The van der Waals surface area contributed by atoms with Gasteiger partial charge in [-0.15, -0.1) is 0 Å². The smallest absolute Gasteiger partial charge is 0.340 e. The molecule has 5 rings (SSSR count). The van der Waals surface area contributed by atoms with E-state index in [4.69, 9.17) is 9.47 Å². The fraction of sp³-hybridized carbons (Fsp3) is 0.167. The van der Waals surface area contributed by atoms with Crippen molar-refractivity contribution < 1.29 is 14.3 Å². The summed E-state index contributed by atoms with van der Waals surface area (Å²) in [6.45, 7) is 4.00. The first-order valence-corrected chi connectivity index (χ1v) is 10.7. The standard InChI is InChI=1S/C24H24N6O3/c1-3-32-24(31)20-14-30-22(15(20)2)21(19(13-25-30)23-27-29-28-23)26-16-9-11-18(12-10-16)33-17-7-5-4-6-8-17/h4-14,23,26-29H,3H2,1-2H3. The second-order valence-corrected chi connectivity index (χ2v) is 7.57. The maximum atomic E-state index is 12.4. The first kappa shape index (κ1) is 21.0. The minimum absolute atomic E-state index is 0.133. The molecule has 168 valence electrons. The van der Waals surface area contributed by atoms with Crippen LogP contribution in [0.2, 0.25) is 0 Å². The molecule has 0 spiro atoms. The van der Waals surface area contributed by atoms with Crippen LogP contribution >= 0.6 is 0 Å². The molecule has 1 aliphatic rings. The molecule has 0 atom stereocenters. The molecule has 9 heteroatoms. The molecule has 0 saturated carbocycles. The number of para-hydroxylation sites is 1. The van der Waals surface area contributed by atoms with Gasteiger partial charge in [0.25, 0.3) is 0 Å². The number of carbonyl (C=O) groups excluding carboxylic acids is 1. The molecule has 2 aromatic heterocycles. The van der Waals surface area contributed by atoms with E-state index in [1.165, 1.54) is 0 Å². The quantitative estimate of drug-likeness (QED) is 0.318. The minimum atomic E-state index is -0.364. The van der Waals surface area contributed by atoms with Crippen molar-refractivity contribution in [3.05, 3.63) is 83.7 Å². The van der Waals surface area contributed by atoms with E-state index in [2.05, 4.69) is 26.8 Å². The Kier molecular flexibility index (Phi) is 5.66. The number of nitrogens with one attached hydrogen (secondary N) is 4. The molecule has 0 radical (unpaired) electrons. The normalized spacial score (nSPS) is 13.5. The van der Waals surface area contributed by atoms with Crippen LogP contribution in [0.15, 0.2) is 67.0 Å². The van der Waals surface area contributed by atoms with E-state index in [-0.39, 0.29) is 12.1 Å². The van der Waals surface area contributed by atoms with E-state index in [1.807, 2.05) is 61.5 Å². The van der Waals surface area contributed by atoms with E-state index in [1.54, 1.807) is 23.8 Å². The first-order chi connectivity index (χ1) is 16.1. The lowest BCUT2D eigenvalue weighted by atomic mass is 10.1. The molecule has 1 aliphatic heterocycles. The van der Waals surface area contributed by atoms with E-state index >= 15 is 0 Å². The van der Waals surface area contributed by atoms with Gasteiger partial charge in [0.15, 0.2) is 0 Å². The van der Waals surface area contributed by atoms with Crippen LogP contribution in [0.4, 0.5) is 11.4 Å². The van der Waals surface area contributed by atoms with Crippen molar-refractivity contribution in [1.29, 1.82) is 0 Å². The number of hydrogen-bond acceptors (Lipinski definition) is 8. The summed E-state index contributed by atoms with van der Waals surface area (Å²) in [5.74, 6) is 1.15. The zero-order valence-corrected chi connectivity index (χ0v) is 18.3. The SMILES string of the molecule is CCOC(=O)c1cn2ncc(C3NNN3)c(Nc3ccc(Oc4ccccc4)cc3)c2c1C. The van der Waals surface area contributed by atoms with Gasteiger partial charge in [-0.2, -0.15) is 10.6 Å². The molecule has 4 aromatic rings. The Morgan fingerprint density at radius 3 is 2.48 bits per heavy atom. The third-order valence-corrected chi connectivity index (χ3v) is 5.43. The van der Waals surface area contributed by atoms with Crippen LogP contribution in [0.3, 0.4) is 0 Å². The number of esters is 1. The summed E-state index contributed by atoms with van der Waals surface area (Å²) in [5.41, 5.74) is 13.7. The van der Waals surface area contributed by atoms with Crippen molar-refractivity contribution >= 4 is 22.9 Å². The predicted molar refractivity (Wildman–Crippen MR) is 124 cm³/mol. The van der Waals surface area contributed by atoms with Crippen LogP contribution in [-0.4, -0.2) is 22.2 Å². The van der Waals surface area contributed by atoms with Gasteiger partial charge < -0.3 is 14.8 Å². The van der Waals surface area contributed by atoms with Gasteiger partial charge in [-0.05, 0) is 55.8 Å². The van der Waals surface area contributed by atoms with E-state index in [0.29, 0.717) is 12.2 Å². The number of carbonyl (C=O) groups is 1. The zero-order chi connectivity index (χ0) is 22.8.